The van der Waals surface area contributed by atoms with Crippen molar-refractivity contribution in [1.29, 1.82) is 0 Å². The Morgan fingerprint density at radius 3 is 1.71 bits per heavy atom. The first-order valence-electron chi connectivity index (χ1n) is 16.3. The molecular weight excluding hydrogens is 604 g/mol. The molecule has 0 amide bonds. The van der Waals surface area contributed by atoms with E-state index in [1.807, 2.05) is 48.5 Å². The molecule has 11 aromatic rings. The summed E-state index contributed by atoms with van der Waals surface area (Å²) in [6.45, 7) is 0. The molecule has 0 aliphatic heterocycles. The van der Waals surface area contributed by atoms with Crippen LogP contribution in [0.25, 0.3) is 105 Å². The molecule has 49 heavy (non-hydrogen) atoms. The first kappa shape index (κ1) is 26.3. The van der Waals surface area contributed by atoms with Crippen molar-refractivity contribution < 1.29 is 8.83 Å². The van der Waals surface area contributed by atoms with Gasteiger partial charge >= 0.3 is 0 Å². The van der Waals surface area contributed by atoms with Crippen molar-refractivity contribution in [3.8, 4) is 28.7 Å². The van der Waals surface area contributed by atoms with Gasteiger partial charge in [0.1, 0.15) is 22.3 Å². The van der Waals surface area contributed by atoms with Gasteiger partial charge in [0, 0.05) is 48.8 Å². The molecule has 0 aliphatic carbocycles. The van der Waals surface area contributed by atoms with E-state index in [9.17, 15) is 0 Å². The van der Waals surface area contributed by atoms with Crippen LogP contribution in [-0.2, 0) is 0 Å². The van der Waals surface area contributed by atoms with Crippen molar-refractivity contribution in [3.05, 3.63) is 146 Å². The SMILES string of the molecule is c1ccc2c(c1)oc1cc(-c3nc(-c4cccc5c4ccc4c6ccccc6oc54)nc(-n4c5ccccc5c5ccccc54)n3)ccc12. The Balaban J connectivity index is 1.21. The lowest BCUT2D eigenvalue weighted by Crippen LogP contribution is -2.06. The maximum Gasteiger partial charge on any atom is 0.238 e. The average molecular weight is 629 g/mol. The van der Waals surface area contributed by atoms with Gasteiger partial charge in [-0.1, -0.05) is 103 Å². The first-order valence-corrected chi connectivity index (χ1v) is 16.3. The second-order valence-electron chi connectivity index (χ2n) is 12.4. The maximum atomic E-state index is 6.43. The molecule has 0 saturated heterocycles. The topological polar surface area (TPSA) is 69.9 Å². The number of rotatable bonds is 3. The predicted molar refractivity (Wildman–Crippen MR) is 197 cm³/mol. The molecule has 0 N–H and O–H groups in total. The van der Waals surface area contributed by atoms with Gasteiger partial charge in [-0.3, -0.25) is 4.57 Å². The van der Waals surface area contributed by atoms with Crippen LogP contribution in [0.1, 0.15) is 0 Å². The molecule has 6 nitrogen and oxygen atoms in total. The van der Waals surface area contributed by atoms with Gasteiger partial charge in [0.25, 0.3) is 0 Å². The number of hydrogen-bond acceptors (Lipinski definition) is 5. The molecule has 4 aromatic heterocycles. The van der Waals surface area contributed by atoms with E-state index in [0.717, 1.165) is 87.6 Å². The summed E-state index contributed by atoms with van der Waals surface area (Å²) in [6.07, 6.45) is 0. The van der Waals surface area contributed by atoms with Crippen molar-refractivity contribution in [1.82, 2.24) is 19.5 Å². The van der Waals surface area contributed by atoms with Crippen LogP contribution in [0.5, 0.6) is 0 Å². The maximum absolute atomic E-state index is 6.43. The van der Waals surface area contributed by atoms with Crippen molar-refractivity contribution in [3.63, 3.8) is 0 Å². The monoisotopic (exact) mass is 628 g/mol. The molecule has 228 valence electrons. The van der Waals surface area contributed by atoms with Crippen LogP contribution in [0.2, 0.25) is 0 Å². The van der Waals surface area contributed by atoms with E-state index in [2.05, 4.69) is 102 Å². The van der Waals surface area contributed by atoms with Crippen LogP contribution >= 0.6 is 0 Å². The Kier molecular flexibility index (Phi) is 5.29. The molecule has 0 aliphatic rings. The van der Waals surface area contributed by atoms with Gasteiger partial charge in [-0.05, 0) is 47.9 Å². The fraction of sp³-hybridized carbons (Fsp3) is 0. The fourth-order valence-corrected chi connectivity index (χ4v) is 7.45. The highest BCUT2D eigenvalue weighted by molar-refractivity contribution is 6.17. The number of para-hydroxylation sites is 4. The van der Waals surface area contributed by atoms with E-state index in [4.69, 9.17) is 23.8 Å². The zero-order valence-electron chi connectivity index (χ0n) is 26.0. The summed E-state index contributed by atoms with van der Waals surface area (Å²) in [5.41, 5.74) is 7.16. The van der Waals surface area contributed by atoms with E-state index in [-0.39, 0.29) is 0 Å². The molecule has 0 unspecified atom stereocenters. The summed E-state index contributed by atoms with van der Waals surface area (Å²) in [5.74, 6) is 1.68. The zero-order valence-corrected chi connectivity index (χ0v) is 26.0. The third-order valence-corrected chi connectivity index (χ3v) is 9.68. The van der Waals surface area contributed by atoms with E-state index >= 15 is 0 Å². The second kappa shape index (κ2) is 9.86. The van der Waals surface area contributed by atoms with Crippen LogP contribution in [0, 0.1) is 0 Å². The van der Waals surface area contributed by atoms with Gasteiger partial charge in [-0.2, -0.15) is 9.97 Å². The number of furan rings is 2. The standard InChI is InChI=1S/C43H24N4O2/c1-5-16-35-27(10-1)28-11-2-6-17-36(28)47(35)43-45-41(25-20-21-31-29-12-3-7-18-37(29)48-39(31)24-25)44-42(46-43)34-15-9-14-32-26(34)22-23-33-30-13-4-8-19-38(30)49-40(32)33/h1-24H. The van der Waals surface area contributed by atoms with Gasteiger partial charge in [-0.25, -0.2) is 4.98 Å². The summed E-state index contributed by atoms with van der Waals surface area (Å²) in [6, 6.07) is 49.8. The van der Waals surface area contributed by atoms with Crippen LogP contribution in [0.15, 0.2) is 154 Å². The summed E-state index contributed by atoms with van der Waals surface area (Å²) in [7, 11) is 0. The lowest BCUT2D eigenvalue weighted by atomic mass is 10.0. The number of hydrogen-bond donors (Lipinski definition) is 0. The lowest BCUT2D eigenvalue weighted by molar-refractivity contribution is 0.669. The van der Waals surface area contributed by atoms with Crippen molar-refractivity contribution >= 4 is 76.5 Å². The molecule has 0 spiro atoms. The van der Waals surface area contributed by atoms with Gasteiger partial charge < -0.3 is 8.83 Å². The Morgan fingerprint density at radius 2 is 0.939 bits per heavy atom. The summed E-state index contributed by atoms with van der Waals surface area (Å²) in [4.78, 5) is 15.6. The number of aromatic nitrogens is 4. The van der Waals surface area contributed by atoms with Crippen LogP contribution in [0.4, 0.5) is 0 Å². The van der Waals surface area contributed by atoms with Gasteiger partial charge in [0.05, 0.1) is 11.0 Å². The van der Waals surface area contributed by atoms with Crippen LogP contribution in [0.3, 0.4) is 0 Å². The highest BCUT2D eigenvalue weighted by Gasteiger charge is 2.20. The minimum atomic E-state index is 0.545. The first-order chi connectivity index (χ1) is 24.3. The summed E-state index contributed by atoms with van der Waals surface area (Å²) < 4.78 is 14.9. The third-order valence-electron chi connectivity index (χ3n) is 9.68. The predicted octanol–water partition coefficient (Wildman–Crippen LogP) is 11.3. The van der Waals surface area contributed by atoms with Gasteiger partial charge in [0.15, 0.2) is 11.6 Å². The lowest BCUT2D eigenvalue weighted by Gasteiger charge is -2.12. The smallest absolute Gasteiger partial charge is 0.238 e. The highest BCUT2D eigenvalue weighted by Crippen LogP contribution is 2.39. The van der Waals surface area contributed by atoms with Gasteiger partial charge in [-0.15, -0.1) is 0 Å². The molecule has 0 atom stereocenters. The molecule has 6 heteroatoms. The molecule has 7 aromatic carbocycles. The quantitative estimate of drug-likeness (QED) is 0.195. The van der Waals surface area contributed by atoms with E-state index < -0.39 is 0 Å². The Labute approximate surface area is 278 Å². The Morgan fingerprint density at radius 1 is 0.388 bits per heavy atom. The normalized spacial score (nSPS) is 12.1. The molecule has 0 bridgehead atoms. The van der Waals surface area contributed by atoms with Crippen LogP contribution < -0.4 is 0 Å². The summed E-state index contributed by atoms with van der Waals surface area (Å²) in [5, 5.41) is 8.62. The molecule has 11 rings (SSSR count). The van der Waals surface area contributed by atoms with Crippen LogP contribution in [-0.4, -0.2) is 19.5 Å². The molecule has 4 heterocycles. The molecule has 0 radical (unpaired) electrons. The molecule has 0 fully saturated rings. The zero-order chi connectivity index (χ0) is 32.1. The van der Waals surface area contributed by atoms with Gasteiger partial charge in [0.2, 0.25) is 5.95 Å². The van der Waals surface area contributed by atoms with E-state index in [0.29, 0.717) is 17.6 Å². The van der Waals surface area contributed by atoms with E-state index in [1.54, 1.807) is 0 Å². The van der Waals surface area contributed by atoms with Crippen molar-refractivity contribution in [2.24, 2.45) is 0 Å². The van der Waals surface area contributed by atoms with Crippen molar-refractivity contribution in [2.75, 3.05) is 0 Å². The largest absolute Gasteiger partial charge is 0.456 e. The highest BCUT2D eigenvalue weighted by atomic mass is 16.3. The minimum Gasteiger partial charge on any atom is -0.456 e. The molecule has 0 saturated carbocycles. The Bertz CT molecular complexity index is 3080. The second-order valence-corrected chi connectivity index (χ2v) is 12.4. The Hall–Kier alpha value is -6.79. The number of fused-ring (bicyclic) bond motifs is 11. The molecular formula is C43H24N4O2. The average Bonchev–Trinajstić information content (AvgIpc) is 3.84. The number of nitrogens with zero attached hydrogens (tertiary/aromatic N) is 4. The van der Waals surface area contributed by atoms with Crippen molar-refractivity contribution in [2.45, 2.75) is 0 Å². The fourth-order valence-electron chi connectivity index (χ4n) is 7.45. The minimum absolute atomic E-state index is 0.545. The third kappa shape index (κ3) is 3.79. The summed E-state index contributed by atoms with van der Waals surface area (Å²) >= 11 is 0. The van der Waals surface area contributed by atoms with E-state index in [1.165, 1.54) is 0 Å². The number of benzene rings is 7.